The van der Waals surface area contributed by atoms with Crippen molar-refractivity contribution in [2.45, 2.75) is 20.8 Å². The Morgan fingerprint density at radius 1 is 1.15 bits per heavy atom. The third-order valence-electron chi connectivity index (χ3n) is 2.13. The second-order valence-corrected chi connectivity index (χ2v) is 3.34. The van der Waals surface area contributed by atoms with Crippen molar-refractivity contribution >= 4 is 17.2 Å². The SMILES string of the molecule is Cc1nc(Cl)c2nnc(C)n2c1C. The van der Waals surface area contributed by atoms with Gasteiger partial charge >= 0.3 is 0 Å². The van der Waals surface area contributed by atoms with Gasteiger partial charge < -0.3 is 0 Å². The van der Waals surface area contributed by atoms with E-state index in [1.807, 2.05) is 25.2 Å². The molecule has 13 heavy (non-hydrogen) atoms. The first-order valence-corrected chi connectivity index (χ1v) is 4.33. The Kier molecular flexibility index (Phi) is 1.73. The van der Waals surface area contributed by atoms with Crippen molar-refractivity contribution in [1.82, 2.24) is 19.6 Å². The second kappa shape index (κ2) is 2.67. The molecule has 5 heteroatoms. The minimum atomic E-state index is 0.406. The molecule has 0 N–H and O–H groups in total. The molecule has 2 heterocycles. The van der Waals surface area contributed by atoms with Crippen LogP contribution in [0.5, 0.6) is 0 Å². The predicted molar refractivity (Wildman–Crippen MR) is 50.0 cm³/mol. The Morgan fingerprint density at radius 3 is 2.54 bits per heavy atom. The van der Waals surface area contributed by atoms with Crippen LogP contribution in [-0.2, 0) is 0 Å². The Hall–Kier alpha value is -1.16. The average Bonchev–Trinajstić information content (AvgIpc) is 2.44. The summed E-state index contributed by atoms with van der Waals surface area (Å²) in [5.41, 5.74) is 2.56. The minimum absolute atomic E-state index is 0.406. The van der Waals surface area contributed by atoms with E-state index in [1.165, 1.54) is 0 Å². The number of halogens is 1. The zero-order chi connectivity index (χ0) is 9.59. The maximum Gasteiger partial charge on any atom is 0.198 e. The van der Waals surface area contributed by atoms with Gasteiger partial charge in [0.15, 0.2) is 10.8 Å². The van der Waals surface area contributed by atoms with E-state index < -0.39 is 0 Å². The molecule has 0 atom stereocenters. The molecular weight excluding hydrogens is 188 g/mol. The van der Waals surface area contributed by atoms with E-state index in [4.69, 9.17) is 11.6 Å². The Labute approximate surface area is 80.6 Å². The molecule has 2 rings (SSSR count). The molecule has 68 valence electrons. The van der Waals surface area contributed by atoms with Gasteiger partial charge in [-0.05, 0) is 20.8 Å². The van der Waals surface area contributed by atoms with E-state index in [-0.39, 0.29) is 0 Å². The third kappa shape index (κ3) is 1.09. The molecule has 0 aromatic carbocycles. The fourth-order valence-electron chi connectivity index (χ4n) is 1.34. The van der Waals surface area contributed by atoms with Crippen LogP contribution in [0.4, 0.5) is 0 Å². The van der Waals surface area contributed by atoms with Crippen molar-refractivity contribution in [2.24, 2.45) is 0 Å². The van der Waals surface area contributed by atoms with E-state index >= 15 is 0 Å². The number of hydrogen-bond donors (Lipinski definition) is 0. The summed E-state index contributed by atoms with van der Waals surface area (Å²) < 4.78 is 1.91. The molecule has 0 fully saturated rings. The van der Waals surface area contributed by atoms with Crippen molar-refractivity contribution in [1.29, 1.82) is 0 Å². The zero-order valence-corrected chi connectivity index (χ0v) is 8.42. The minimum Gasteiger partial charge on any atom is -0.279 e. The van der Waals surface area contributed by atoms with Crippen LogP contribution >= 0.6 is 11.6 Å². The quantitative estimate of drug-likeness (QED) is 0.644. The number of hydrogen-bond acceptors (Lipinski definition) is 3. The van der Waals surface area contributed by atoms with Crippen LogP contribution in [0, 0.1) is 20.8 Å². The van der Waals surface area contributed by atoms with Crippen molar-refractivity contribution in [3.63, 3.8) is 0 Å². The maximum atomic E-state index is 5.91. The van der Waals surface area contributed by atoms with Gasteiger partial charge in [0.1, 0.15) is 5.82 Å². The highest BCUT2D eigenvalue weighted by Crippen LogP contribution is 2.17. The van der Waals surface area contributed by atoms with Gasteiger partial charge in [-0.3, -0.25) is 4.40 Å². The molecule has 0 saturated carbocycles. The monoisotopic (exact) mass is 196 g/mol. The van der Waals surface area contributed by atoms with Crippen LogP contribution in [0.2, 0.25) is 5.15 Å². The topological polar surface area (TPSA) is 43.1 Å². The van der Waals surface area contributed by atoms with Gasteiger partial charge in [0.05, 0.1) is 5.69 Å². The first-order valence-electron chi connectivity index (χ1n) is 3.95. The Morgan fingerprint density at radius 2 is 1.85 bits per heavy atom. The Bertz CT molecular complexity index is 474. The van der Waals surface area contributed by atoms with Crippen LogP contribution in [0.3, 0.4) is 0 Å². The summed E-state index contributed by atoms with van der Waals surface area (Å²) in [5, 5.41) is 8.29. The lowest BCUT2D eigenvalue weighted by Crippen LogP contribution is -2.00. The van der Waals surface area contributed by atoms with Crippen LogP contribution in [0.15, 0.2) is 0 Å². The fraction of sp³-hybridized carbons (Fsp3) is 0.375. The first-order chi connectivity index (χ1) is 6.11. The molecule has 0 bridgehead atoms. The number of aryl methyl sites for hydroxylation is 3. The van der Waals surface area contributed by atoms with Crippen LogP contribution in [0.25, 0.3) is 5.65 Å². The van der Waals surface area contributed by atoms with E-state index in [0.717, 1.165) is 17.2 Å². The fourth-order valence-corrected chi connectivity index (χ4v) is 1.59. The molecule has 0 aliphatic rings. The molecular formula is C8H9ClN4. The van der Waals surface area contributed by atoms with E-state index in [1.54, 1.807) is 0 Å². The normalized spacial score (nSPS) is 11.1. The number of rotatable bonds is 0. The highest BCUT2D eigenvalue weighted by atomic mass is 35.5. The number of aromatic nitrogens is 4. The highest BCUT2D eigenvalue weighted by molar-refractivity contribution is 6.32. The molecule has 0 amide bonds. The molecule has 2 aromatic heterocycles. The molecule has 2 aromatic rings. The van der Waals surface area contributed by atoms with Crippen molar-refractivity contribution < 1.29 is 0 Å². The van der Waals surface area contributed by atoms with Crippen molar-refractivity contribution in [2.75, 3.05) is 0 Å². The van der Waals surface area contributed by atoms with Crippen LogP contribution < -0.4 is 0 Å². The van der Waals surface area contributed by atoms with Gasteiger partial charge in [-0.2, -0.15) is 0 Å². The molecule has 0 aliphatic carbocycles. The highest BCUT2D eigenvalue weighted by Gasteiger charge is 2.10. The zero-order valence-electron chi connectivity index (χ0n) is 7.67. The Balaban J connectivity index is 3.00. The van der Waals surface area contributed by atoms with E-state index in [2.05, 4.69) is 15.2 Å². The summed E-state index contributed by atoms with van der Waals surface area (Å²) in [7, 11) is 0. The summed E-state index contributed by atoms with van der Waals surface area (Å²) in [4.78, 5) is 4.16. The molecule has 4 nitrogen and oxygen atoms in total. The largest absolute Gasteiger partial charge is 0.279 e. The molecule has 0 unspecified atom stereocenters. The summed E-state index contributed by atoms with van der Waals surface area (Å²) in [6.45, 7) is 5.78. The van der Waals surface area contributed by atoms with Crippen molar-refractivity contribution in [3.8, 4) is 0 Å². The standard InChI is InChI=1S/C8H9ClN4/c1-4-5(2)13-6(3)11-12-8(13)7(9)10-4/h1-3H3. The smallest absolute Gasteiger partial charge is 0.198 e. The van der Waals surface area contributed by atoms with Gasteiger partial charge in [0, 0.05) is 5.69 Å². The first kappa shape index (κ1) is 8.44. The van der Waals surface area contributed by atoms with Crippen LogP contribution in [-0.4, -0.2) is 19.6 Å². The lowest BCUT2D eigenvalue weighted by atomic mass is 10.3. The average molecular weight is 197 g/mol. The number of nitrogens with zero attached hydrogens (tertiary/aromatic N) is 4. The van der Waals surface area contributed by atoms with Crippen molar-refractivity contribution in [3.05, 3.63) is 22.4 Å². The van der Waals surface area contributed by atoms with E-state index in [9.17, 15) is 0 Å². The maximum absolute atomic E-state index is 5.91. The number of fused-ring (bicyclic) bond motifs is 1. The second-order valence-electron chi connectivity index (χ2n) is 2.98. The summed E-state index contributed by atoms with van der Waals surface area (Å²) in [5.74, 6) is 0.833. The van der Waals surface area contributed by atoms with Gasteiger partial charge in [0.2, 0.25) is 0 Å². The predicted octanol–water partition coefficient (Wildman–Crippen LogP) is 1.70. The lowest BCUT2D eigenvalue weighted by molar-refractivity contribution is 0.944. The van der Waals surface area contributed by atoms with Gasteiger partial charge in [0.25, 0.3) is 0 Å². The lowest BCUT2D eigenvalue weighted by Gasteiger charge is -2.04. The van der Waals surface area contributed by atoms with E-state index in [0.29, 0.717) is 10.8 Å². The molecule has 0 spiro atoms. The summed E-state index contributed by atoms with van der Waals surface area (Å²) in [6, 6.07) is 0. The van der Waals surface area contributed by atoms with Gasteiger partial charge in [-0.15, -0.1) is 10.2 Å². The molecule has 0 aliphatic heterocycles. The molecule has 0 radical (unpaired) electrons. The third-order valence-corrected chi connectivity index (χ3v) is 2.39. The van der Waals surface area contributed by atoms with Gasteiger partial charge in [-0.25, -0.2) is 4.98 Å². The molecule has 0 saturated heterocycles. The summed E-state index contributed by atoms with van der Waals surface area (Å²) >= 11 is 5.91. The van der Waals surface area contributed by atoms with Crippen LogP contribution in [0.1, 0.15) is 17.2 Å². The van der Waals surface area contributed by atoms with Gasteiger partial charge in [-0.1, -0.05) is 11.6 Å². The summed E-state index contributed by atoms with van der Waals surface area (Å²) in [6.07, 6.45) is 0.